The van der Waals surface area contributed by atoms with Crippen LogP contribution < -0.4 is 5.32 Å². The van der Waals surface area contributed by atoms with Crippen molar-refractivity contribution in [3.63, 3.8) is 0 Å². The number of aryl methyl sites for hydroxylation is 1. The van der Waals surface area contributed by atoms with Crippen LogP contribution in [0.4, 0.5) is 0 Å². The topological polar surface area (TPSA) is 64.6 Å². The van der Waals surface area contributed by atoms with E-state index in [1.807, 2.05) is 61.5 Å². The molecule has 0 bridgehead atoms. The van der Waals surface area contributed by atoms with Crippen molar-refractivity contribution in [3.05, 3.63) is 71.3 Å². The standard InChI is InChI=1S/C23H29NO4/c1-16(2)28-22(25)14-21(20-12-10-17(3)11-13-20)24-23(26)18(4)27-15-19-8-6-5-7-9-19/h5-13,16,18,21H,14-15H2,1-4H3,(H,24,26). The van der Waals surface area contributed by atoms with Crippen LogP contribution in [0.3, 0.4) is 0 Å². The molecule has 0 fully saturated rings. The van der Waals surface area contributed by atoms with Crippen molar-refractivity contribution in [2.45, 2.75) is 59.0 Å². The predicted molar refractivity (Wildman–Crippen MR) is 109 cm³/mol. The maximum Gasteiger partial charge on any atom is 0.308 e. The molecule has 2 unspecified atom stereocenters. The van der Waals surface area contributed by atoms with Gasteiger partial charge in [0.2, 0.25) is 5.91 Å². The smallest absolute Gasteiger partial charge is 0.308 e. The van der Waals surface area contributed by atoms with Crippen molar-refractivity contribution in [3.8, 4) is 0 Å². The molecule has 0 saturated heterocycles. The fourth-order valence-electron chi connectivity index (χ4n) is 2.69. The fourth-order valence-corrected chi connectivity index (χ4v) is 2.69. The molecule has 2 rings (SSSR count). The average molecular weight is 383 g/mol. The molecule has 0 aromatic heterocycles. The van der Waals surface area contributed by atoms with Crippen molar-refractivity contribution < 1.29 is 19.1 Å². The van der Waals surface area contributed by atoms with Crippen molar-refractivity contribution in [2.24, 2.45) is 0 Å². The molecule has 0 aliphatic rings. The van der Waals surface area contributed by atoms with Crippen LogP contribution in [0.1, 0.15) is 49.9 Å². The number of amides is 1. The van der Waals surface area contributed by atoms with Gasteiger partial charge >= 0.3 is 5.97 Å². The zero-order valence-electron chi connectivity index (χ0n) is 17.0. The Bertz CT molecular complexity index is 756. The maximum absolute atomic E-state index is 12.6. The van der Waals surface area contributed by atoms with Gasteiger partial charge in [-0.3, -0.25) is 9.59 Å². The molecule has 2 aromatic carbocycles. The zero-order chi connectivity index (χ0) is 20.5. The summed E-state index contributed by atoms with van der Waals surface area (Å²) in [5.74, 6) is -0.613. The minimum atomic E-state index is -0.644. The van der Waals surface area contributed by atoms with Gasteiger partial charge in [-0.2, -0.15) is 0 Å². The number of ether oxygens (including phenoxy) is 2. The van der Waals surface area contributed by atoms with E-state index >= 15 is 0 Å². The van der Waals surface area contributed by atoms with Gasteiger partial charge in [-0.15, -0.1) is 0 Å². The molecule has 2 atom stereocenters. The largest absolute Gasteiger partial charge is 0.463 e. The van der Waals surface area contributed by atoms with Crippen LogP contribution in [0.25, 0.3) is 0 Å². The molecule has 150 valence electrons. The van der Waals surface area contributed by atoms with Crippen molar-refractivity contribution in [2.75, 3.05) is 0 Å². The van der Waals surface area contributed by atoms with E-state index in [1.54, 1.807) is 20.8 Å². The minimum Gasteiger partial charge on any atom is -0.463 e. The first-order chi connectivity index (χ1) is 13.3. The molecule has 5 nitrogen and oxygen atoms in total. The highest BCUT2D eigenvalue weighted by atomic mass is 16.5. The summed E-state index contributed by atoms with van der Waals surface area (Å²) in [5, 5.41) is 2.93. The van der Waals surface area contributed by atoms with Crippen molar-refractivity contribution in [1.29, 1.82) is 0 Å². The lowest BCUT2D eigenvalue weighted by molar-refractivity contribution is -0.148. The number of hydrogen-bond acceptors (Lipinski definition) is 4. The molecule has 0 radical (unpaired) electrons. The van der Waals surface area contributed by atoms with Gasteiger partial charge in [-0.1, -0.05) is 60.2 Å². The molecule has 0 aliphatic heterocycles. The highest BCUT2D eigenvalue weighted by molar-refractivity contribution is 5.81. The second-order valence-corrected chi connectivity index (χ2v) is 7.15. The number of benzene rings is 2. The van der Waals surface area contributed by atoms with E-state index in [2.05, 4.69) is 5.32 Å². The summed E-state index contributed by atoms with van der Waals surface area (Å²) in [4.78, 5) is 24.8. The van der Waals surface area contributed by atoms with Crippen LogP contribution in [0.5, 0.6) is 0 Å². The Hall–Kier alpha value is -2.66. The number of nitrogens with one attached hydrogen (secondary N) is 1. The summed E-state index contributed by atoms with van der Waals surface area (Å²) in [6.45, 7) is 7.65. The van der Waals surface area contributed by atoms with Gasteiger partial charge in [0.15, 0.2) is 0 Å². The van der Waals surface area contributed by atoms with E-state index in [1.165, 1.54) is 0 Å². The van der Waals surface area contributed by atoms with Gasteiger partial charge < -0.3 is 14.8 Å². The molecule has 0 aliphatic carbocycles. The summed E-state index contributed by atoms with van der Waals surface area (Å²) in [6, 6.07) is 17.0. The Morgan fingerprint density at radius 3 is 2.21 bits per heavy atom. The number of carbonyl (C=O) groups is 2. The van der Waals surface area contributed by atoms with E-state index < -0.39 is 12.1 Å². The van der Waals surface area contributed by atoms with Gasteiger partial charge in [-0.05, 0) is 38.8 Å². The first-order valence-corrected chi connectivity index (χ1v) is 9.57. The van der Waals surface area contributed by atoms with Crippen LogP contribution in [0.15, 0.2) is 54.6 Å². The molecule has 5 heteroatoms. The van der Waals surface area contributed by atoms with Crippen molar-refractivity contribution >= 4 is 11.9 Å². The lowest BCUT2D eigenvalue weighted by Gasteiger charge is -2.22. The first kappa shape index (κ1) is 21.6. The molecular weight excluding hydrogens is 354 g/mol. The third-order valence-corrected chi connectivity index (χ3v) is 4.25. The van der Waals surface area contributed by atoms with Crippen LogP contribution in [-0.2, 0) is 25.7 Å². The van der Waals surface area contributed by atoms with Crippen LogP contribution in [0.2, 0.25) is 0 Å². The van der Waals surface area contributed by atoms with E-state index in [0.29, 0.717) is 6.61 Å². The normalized spacial score (nSPS) is 13.0. The van der Waals surface area contributed by atoms with Crippen LogP contribution in [0, 0.1) is 6.92 Å². The Morgan fingerprint density at radius 1 is 0.964 bits per heavy atom. The third-order valence-electron chi connectivity index (χ3n) is 4.25. The monoisotopic (exact) mass is 383 g/mol. The molecule has 0 spiro atoms. The Kier molecular flexibility index (Phi) is 8.20. The van der Waals surface area contributed by atoms with E-state index in [9.17, 15) is 9.59 Å². The van der Waals surface area contributed by atoms with Crippen LogP contribution >= 0.6 is 0 Å². The average Bonchev–Trinajstić information content (AvgIpc) is 2.66. The SMILES string of the molecule is Cc1ccc(C(CC(=O)OC(C)C)NC(=O)C(C)OCc2ccccc2)cc1. The van der Waals surface area contributed by atoms with Gasteiger partial charge in [-0.25, -0.2) is 0 Å². The van der Waals surface area contributed by atoms with Crippen LogP contribution in [-0.4, -0.2) is 24.1 Å². The molecular formula is C23H29NO4. The summed E-state index contributed by atoms with van der Waals surface area (Å²) in [5.41, 5.74) is 2.96. The second-order valence-electron chi connectivity index (χ2n) is 7.15. The Balaban J connectivity index is 2.01. The highest BCUT2D eigenvalue weighted by Crippen LogP contribution is 2.19. The van der Waals surface area contributed by atoms with Gasteiger partial charge in [0, 0.05) is 0 Å². The highest BCUT2D eigenvalue weighted by Gasteiger charge is 2.23. The van der Waals surface area contributed by atoms with E-state index in [-0.39, 0.29) is 24.4 Å². The molecule has 1 N–H and O–H groups in total. The van der Waals surface area contributed by atoms with Gasteiger partial charge in [0.25, 0.3) is 0 Å². The number of rotatable bonds is 9. The van der Waals surface area contributed by atoms with Crippen molar-refractivity contribution in [1.82, 2.24) is 5.32 Å². The number of carbonyl (C=O) groups excluding carboxylic acids is 2. The van der Waals surface area contributed by atoms with E-state index in [4.69, 9.17) is 9.47 Å². The Morgan fingerprint density at radius 2 is 1.61 bits per heavy atom. The summed E-state index contributed by atoms with van der Waals surface area (Å²) >= 11 is 0. The first-order valence-electron chi connectivity index (χ1n) is 9.57. The maximum atomic E-state index is 12.6. The van der Waals surface area contributed by atoms with Gasteiger partial charge in [0.1, 0.15) is 6.10 Å². The number of esters is 1. The summed E-state index contributed by atoms with van der Waals surface area (Å²) < 4.78 is 10.9. The lowest BCUT2D eigenvalue weighted by atomic mass is 10.0. The lowest BCUT2D eigenvalue weighted by Crippen LogP contribution is -2.38. The second kappa shape index (κ2) is 10.6. The summed E-state index contributed by atoms with van der Waals surface area (Å²) in [7, 11) is 0. The molecule has 28 heavy (non-hydrogen) atoms. The fraction of sp³-hybridized carbons (Fsp3) is 0.391. The predicted octanol–water partition coefficient (Wildman–Crippen LogP) is 4.10. The third kappa shape index (κ3) is 7.16. The number of hydrogen-bond donors (Lipinski definition) is 1. The quantitative estimate of drug-likeness (QED) is 0.662. The van der Waals surface area contributed by atoms with E-state index in [0.717, 1.165) is 16.7 Å². The zero-order valence-corrected chi connectivity index (χ0v) is 17.0. The molecule has 1 amide bonds. The molecule has 0 saturated carbocycles. The molecule has 0 heterocycles. The van der Waals surface area contributed by atoms with Gasteiger partial charge in [0.05, 0.1) is 25.2 Å². The summed E-state index contributed by atoms with van der Waals surface area (Å²) in [6.07, 6.45) is -0.775. The minimum absolute atomic E-state index is 0.0678. The molecule has 2 aromatic rings. The Labute approximate surface area is 167 Å².